The number of carboxylic acid groups (broad SMARTS) is 1. The number of hydrogen-bond donors (Lipinski definition) is 1. The van der Waals surface area contributed by atoms with Gasteiger partial charge in [0.15, 0.2) is 0 Å². The fourth-order valence-electron chi connectivity index (χ4n) is 4.04. The summed E-state index contributed by atoms with van der Waals surface area (Å²) in [5, 5.41) is 9.12. The van der Waals surface area contributed by atoms with Gasteiger partial charge < -0.3 is 10.0 Å². The first-order valence-electron chi connectivity index (χ1n) is 10.0. The van der Waals surface area contributed by atoms with Crippen LogP contribution >= 0.6 is 0 Å². The van der Waals surface area contributed by atoms with Crippen molar-refractivity contribution in [3.63, 3.8) is 0 Å². The van der Waals surface area contributed by atoms with Crippen LogP contribution in [-0.2, 0) is 9.59 Å². The molecule has 0 saturated carbocycles. The highest BCUT2D eigenvalue weighted by atomic mass is 16.4. The van der Waals surface area contributed by atoms with E-state index in [1.165, 1.54) is 0 Å². The van der Waals surface area contributed by atoms with E-state index >= 15 is 0 Å². The highest BCUT2D eigenvalue weighted by Gasteiger charge is 2.34. The van der Waals surface area contributed by atoms with Gasteiger partial charge in [0.05, 0.1) is 6.54 Å². The van der Waals surface area contributed by atoms with E-state index in [9.17, 15) is 9.59 Å². The summed E-state index contributed by atoms with van der Waals surface area (Å²) in [5.74, 6) is -0.624. The summed E-state index contributed by atoms with van der Waals surface area (Å²) in [6, 6.07) is 10.00. The number of amides is 1. The second kappa shape index (κ2) is 10.4. The molecule has 1 atom stereocenters. The minimum atomic E-state index is -0.779. The van der Waals surface area contributed by atoms with Gasteiger partial charge >= 0.3 is 5.97 Å². The second-order valence-electron chi connectivity index (χ2n) is 7.05. The van der Waals surface area contributed by atoms with Crippen molar-refractivity contribution in [3.05, 3.63) is 35.9 Å². The van der Waals surface area contributed by atoms with Crippen LogP contribution in [0.1, 0.15) is 45.2 Å². The van der Waals surface area contributed by atoms with E-state index in [2.05, 4.69) is 4.90 Å². The first-order valence-corrected chi connectivity index (χ1v) is 10.0. The Labute approximate surface area is 162 Å². The summed E-state index contributed by atoms with van der Waals surface area (Å²) in [7, 11) is 0. The molecular weight excluding hydrogens is 342 g/mol. The summed E-state index contributed by atoms with van der Waals surface area (Å²) in [5.41, 5.74) is 1.03. The van der Waals surface area contributed by atoms with Crippen LogP contribution in [0.5, 0.6) is 0 Å². The van der Waals surface area contributed by atoms with Crippen LogP contribution in [-0.4, -0.2) is 77.0 Å². The van der Waals surface area contributed by atoms with Gasteiger partial charge in [-0.3, -0.25) is 19.4 Å². The molecule has 1 saturated heterocycles. The summed E-state index contributed by atoms with van der Waals surface area (Å²) in [6.45, 7) is 9.86. The molecule has 1 amide bonds. The van der Waals surface area contributed by atoms with Gasteiger partial charge in [0.2, 0.25) is 5.91 Å². The molecule has 1 N–H and O–H groups in total. The van der Waals surface area contributed by atoms with Gasteiger partial charge in [0.1, 0.15) is 6.04 Å². The van der Waals surface area contributed by atoms with E-state index in [0.29, 0.717) is 13.1 Å². The summed E-state index contributed by atoms with van der Waals surface area (Å²) < 4.78 is 0. The van der Waals surface area contributed by atoms with Gasteiger partial charge in [0, 0.05) is 32.2 Å². The van der Waals surface area contributed by atoms with E-state index in [1.807, 2.05) is 60.9 Å². The van der Waals surface area contributed by atoms with Crippen LogP contribution in [0.2, 0.25) is 0 Å². The second-order valence-corrected chi connectivity index (χ2v) is 7.05. The largest absolute Gasteiger partial charge is 0.480 e. The van der Waals surface area contributed by atoms with Crippen LogP contribution in [0.15, 0.2) is 30.3 Å². The Hall–Kier alpha value is -1.92. The fraction of sp³-hybridized carbons (Fsp3) is 0.619. The maximum Gasteiger partial charge on any atom is 0.317 e. The topological polar surface area (TPSA) is 64.1 Å². The van der Waals surface area contributed by atoms with Gasteiger partial charge in [-0.1, -0.05) is 37.3 Å². The van der Waals surface area contributed by atoms with Crippen molar-refractivity contribution >= 4 is 11.9 Å². The minimum Gasteiger partial charge on any atom is -0.480 e. The molecule has 1 aliphatic heterocycles. The van der Waals surface area contributed by atoms with Crippen molar-refractivity contribution in [1.82, 2.24) is 14.7 Å². The van der Waals surface area contributed by atoms with Crippen LogP contribution in [0.3, 0.4) is 0 Å². The Morgan fingerprint density at radius 1 is 1.07 bits per heavy atom. The molecule has 1 aliphatic rings. The van der Waals surface area contributed by atoms with Crippen molar-refractivity contribution in [3.8, 4) is 0 Å². The molecule has 0 radical (unpaired) electrons. The molecule has 1 fully saturated rings. The lowest BCUT2D eigenvalue weighted by Gasteiger charge is -2.41. The number of carbonyl (C=O) groups is 2. The van der Waals surface area contributed by atoms with E-state index in [4.69, 9.17) is 5.11 Å². The number of likely N-dealkylation sites (N-methyl/N-ethyl adjacent to an activating group) is 2. The third kappa shape index (κ3) is 5.53. The zero-order valence-corrected chi connectivity index (χ0v) is 16.8. The van der Waals surface area contributed by atoms with Crippen LogP contribution in [0.25, 0.3) is 0 Å². The smallest absolute Gasteiger partial charge is 0.317 e. The number of benzene rings is 1. The quantitative estimate of drug-likeness (QED) is 0.718. The Kier molecular flexibility index (Phi) is 8.25. The monoisotopic (exact) mass is 375 g/mol. The van der Waals surface area contributed by atoms with Gasteiger partial charge in [-0.15, -0.1) is 0 Å². The lowest BCUT2D eigenvalue weighted by Crippen LogP contribution is -2.50. The molecule has 6 heteroatoms. The maximum absolute atomic E-state index is 13.2. The predicted molar refractivity (Wildman–Crippen MR) is 107 cm³/mol. The molecule has 27 heavy (non-hydrogen) atoms. The molecule has 1 heterocycles. The first-order chi connectivity index (χ1) is 13.0. The molecule has 1 aromatic rings. The van der Waals surface area contributed by atoms with Crippen LogP contribution in [0.4, 0.5) is 0 Å². The average Bonchev–Trinajstić information content (AvgIpc) is 2.68. The molecule has 0 spiro atoms. The number of nitrogens with zero attached hydrogens (tertiary/aromatic N) is 3. The average molecular weight is 376 g/mol. The zero-order valence-electron chi connectivity index (χ0n) is 16.8. The third-order valence-electron chi connectivity index (χ3n) is 5.55. The molecule has 0 aromatic heterocycles. The van der Waals surface area contributed by atoms with Crippen molar-refractivity contribution in [1.29, 1.82) is 0 Å². The summed E-state index contributed by atoms with van der Waals surface area (Å²) >= 11 is 0. The van der Waals surface area contributed by atoms with Crippen molar-refractivity contribution < 1.29 is 14.7 Å². The third-order valence-corrected chi connectivity index (χ3v) is 5.55. The fourth-order valence-corrected chi connectivity index (χ4v) is 4.04. The SMILES string of the molecule is CCN(CC)C(=O)C(c1ccccc1)N1CCC(N(CC)CC(=O)O)CC1. The predicted octanol–water partition coefficient (Wildman–Crippen LogP) is 2.47. The number of likely N-dealkylation sites (tertiary alicyclic amines) is 1. The Bertz CT molecular complexity index is 596. The van der Waals surface area contributed by atoms with E-state index in [0.717, 1.165) is 38.0 Å². The molecule has 6 nitrogen and oxygen atoms in total. The van der Waals surface area contributed by atoms with Crippen molar-refractivity contribution in [2.45, 2.75) is 45.7 Å². The van der Waals surface area contributed by atoms with Crippen molar-refractivity contribution in [2.75, 3.05) is 39.3 Å². The molecule has 1 unspecified atom stereocenters. The van der Waals surface area contributed by atoms with E-state index in [1.54, 1.807) is 0 Å². The summed E-state index contributed by atoms with van der Waals surface area (Å²) in [4.78, 5) is 30.5. The molecule has 0 aliphatic carbocycles. The Morgan fingerprint density at radius 2 is 1.67 bits per heavy atom. The minimum absolute atomic E-state index is 0.0850. The Morgan fingerprint density at radius 3 is 2.15 bits per heavy atom. The molecule has 0 bridgehead atoms. The number of hydrogen-bond acceptors (Lipinski definition) is 4. The maximum atomic E-state index is 13.2. The number of aliphatic carboxylic acids is 1. The standard InChI is InChI=1S/C21H33N3O3/c1-4-22(5-2)21(27)20(17-10-8-7-9-11-17)24-14-12-18(13-15-24)23(6-3)16-19(25)26/h7-11,18,20H,4-6,12-16H2,1-3H3,(H,25,26). The summed E-state index contributed by atoms with van der Waals surface area (Å²) in [6.07, 6.45) is 1.77. The normalized spacial score (nSPS) is 17.0. The Balaban J connectivity index is 2.14. The number of rotatable bonds is 9. The molecule has 150 valence electrons. The highest BCUT2D eigenvalue weighted by molar-refractivity contribution is 5.83. The first kappa shape index (κ1) is 21.4. The van der Waals surface area contributed by atoms with Gasteiger partial charge in [-0.2, -0.15) is 0 Å². The van der Waals surface area contributed by atoms with Gasteiger partial charge in [-0.25, -0.2) is 0 Å². The van der Waals surface area contributed by atoms with Crippen LogP contribution in [0, 0.1) is 0 Å². The van der Waals surface area contributed by atoms with E-state index in [-0.39, 0.29) is 24.5 Å². The number of piperidine rings is 1. The lowest BCUT2D eigenvalue weighted by atomic mass is 9.97. The van der Waals surface area contributed by atoms with Gasteiger partial charge in [0.25, 0.3) is 0 Å². The highest BCUT2D eigenvalue weighted by Crippen LogP contribution is 2.28. The lowest BCUT2D eigenvalue weighted by molar-refractivity contribution is -0.139. The van der Waals surface area contributed by atoms with Crippen LogP contribution < -0.4 is 0 Å². The van der Waals surface area contributed by atoms with E-state index < -0.39 is 5.97 Å². The number of carbonyl (C=O) groups excluding carboxylic acids is 1. The van der Waals surface area contributed by atoms with Crippen molar-refractivity contribution in [2.24, 2.45) is 0 Å². The van der Waals surface area contributed by atoms with Gasteiger partial charge in [-0.05, 0) is 38.8 Å². The molecule has 1 aromatic carbocycles. The zero-order chi connectivity index (χ0) is 19.8. The molecule has 2 rings (SSSR count). The molecular formula is C21H33N3O3. The number of carboxylic acids is 1.